The highest BCUT2D eigenvalue weighted by molar-refractivity contribution is 4.72. The van der Waals surface area contributed by atoms with Crippen LogP contribution in [0.4, 0.5) is 0 Å². The van der Waals surface area contributed by atoms with Crippen molar-refractivity contribution in [1.29, 1.82) is 0 Å². The van der Waals surface area contributed by atoms with Gasteiger partial charge in [-0.25, -0.2) is 0 Å². The normalized spacial score (nSPS) is 18.4. The summed E-state index contributed by atoms with van der Waals surface area (Å²) in [6, 6.07) is 0.217. The van der Waals surface area contributed by atoms with E-state index in [0.717, 1.165) is 38.5 Å². The van der Waals surface area contributed by atoms with Crippen LogP contribution in [-0.2, 0) is 4.74 Å². The van der Waals surface area contributed by atoms with Crippen LogP contribution in [0.1, 0.15) is 32.6 Å². The lowest BCUT2D eigenvalue weighted by Gasteiger charge is -2.15. The number of ether oxygens (including phenoxy) is 1. The zero-order valence-electron chi connectivity index (χ0n) is 9.17. The molecular weight excluding hydrogens is 178 g/mol. The van der Waals surface area contributed by atoms with Crippen molar-refractivity contribution in [2.24, 2.45) is 5.92 Å². The van der Waals surface area contributed by atoms with Gasteiger partial charge in [0, 0.05) is 19.3 Å². The second kappa shape index (κ2) is 7.21. The highest BCUT2D eigenvalue weighted by Gasteiger charge is 2.21. The average molecular weight is 201 g/mol. The summed E-state index contributed by atoms with van der Waals surface area (Å²) in [4.78, 5) is 0. The predicted octanol–water partition coefficient (Wildman–Crippen LogP) is 1.16. The third-order valence-electron chi connectivity index (χ3n) is 2.56. The van der Waals surface area contributed by atoms with Crippen LogP contribution in [0.5, 0.6) is 0 Å². The smallest absolute Gasteiger partial charge is 0.0585 e. The molecule has 1 aliphatic rings. The van der Waals surface area contributed by atoms with E-state index in [1.54, 1.807) is 0 Å². The van der Waals surface area contributed by atoms with E-state index >= 15 is 0 Å². The van der Waals surface area contributed by atoms with Gasteiger partial charge in [0.1, 0.15) is 0 Å². The first-order chi connectivity index (χ1) is 6.86. The quantitative estimate of drug-likeness (QED) is 0.550. The Morgan fingerprint density at radius 1 is 1.50 bits per heavy atom. The first-order valence-corrected chi connectivity index (χ1v) is 5.78. The van der Waals surface area contributed by atoms with Gasteiger partial charge in [-0.3, -0.25) is 0 Å². The summed E-state index contributed by atoms with van der Waals surface area (Å²) in [6.45, 7) is 5.02. The number of aliphatic hydroxyl groups excluding tert-OH is 1. The third-order valence-corrected chi connectivity index (χ3v) is 2.56. The Kier molecular flexibility index (Phi) is 6.15. The van der Waals surface area contributed by atoms with Gasteiger partial charge >= 0.3 is 0 Å². The zero-order chi connectivity index (χ0) is 10.2. The Morgan fingerprint density at radius 3 is 2.86 bits per heavy atom. The standard InChI is InChI=1S/C11H23NO2/c1-2-6-12-11(8-13)5-7-14-9-10-3-4-10/h10-13H,2-9H2,1H3. The summed E-state index contributed by atoms with van der Waals surface area (Å²) >= 11 is 0. The van der Waals surface area contributed by atoms with Crippen LogP contribution in [0, 0.1) is 5.92 Å². The Bertz CT molecular complexity index is 137. The van der Waals surface area contributed by atoms with Crippen molar-refractivity contribution in [2.75, 3.05) is 26.4 Å². The summed E-state index contributed by atoms with van der Waals surface area (Å²) < 4.78 is 5.52. The van der Waals surface area contributed by atoms with Crippen LogP contribution in [0.3, 0.4) is 0 Å². The van der Waals surface area contributed by atoms with Crippen LogP contribution in [0.25, 0.3) is 0 Å². The minimum Gasteiger partial charge on any atom is -0.395 e. The summed E-state index contributed by atoms with van der Waals surface area (Å²) in [5.74, 6) is 0.839. The maximum absolute atomic E-state index is 9.06. The van der Waals surface area contributed by atoms with Gasteiger partial charge in [-0.05, 0) is 38.1 Å². The summed E-state index contributed by atoms with van der Waals surface area (Å²) in [5.41, 5.74) is 0. The van der Waals surface area contributed by atoms with E-state index in [-0.39, 0.29) is 12.6 Å². The van der Waals surface area contributed by atoms with Gasteiger partial charge in [-0.2, -0.15) is 0 Å². The average Bonchev–Trinajstić information content (AvgIpc) is 3.01. The molecule has 0 spiro atoms. The molecule has 1 unspecified atom stereocenters. The molecule has 1 rings (SSSR count). The molecule has 1 atom stereocenters. The summed E-state index contributed by atoms with van der Waals surface area (Å²) in [7, 11) is 0. The van der Waals surface area contributed by atoms with Crippen molar-refractivity contribution >= 4 is 0 Å². The molecule has 0 radical (unpaired) electrons. The number of hydrogen-bond donors (Lipinski definition) is 2. The molecule has 0 aliphatic heterocycles. The van der Waals surface area contributed by atoms with Crippen molar-refractivity contribution in [3.05, 3.63) is 0 Å². The third kappa shape index (κ3) is 5.58. The van der Waals surface area contributed by atoms with E-state index in [1.807, 2.05) is 0 Å². The molecule has 84 valence electrons. The van der Waals surface area contributed by atoms with E-state index in [9.17, 15) is 0 Å². The molecule has 2 N–H and O–H groups in total. The molecule has 0 saturated heterocycles. The molecule has 1 aliphatic carbocycles. The molecule has 3 heteroatoms. The van der Waals surface area contributed by atoms with Crippen LogP contribution in [0.2, 0.25) is 0 Å². The van der Waals surface area contributed by atoms with Gasteiger partial charge in [0.25, 0.3) is 0 Å². The fourth-order valence-electron chi connectivity index (χ4n) is 1.37. The molecular formula is C11H23NO2. The fourth-order valence-corrected chi connectivity index (χ4v) is 1.37. The fraction of sp³-hybridized carbons (Fsp3) is 1.00. The maximum atomic E-state index is 9.06. The van der Waals surface area contributed by atoms with E-state index in [0.29, 0.717) is 0 Å². The molecule has 0 heterocycles. The molecule has 0 aromatic carbocycles. The van der Waals surface area contributed by atoms with Crippen LogP contribution < -0.4 is 5.32 Å². The largest absolute Gasteiger partial charge is 0.395 e. The first kappa shape index (κ1) is 12.0. The zero-order valence-corrected chi connectivity index (χ0v) is 9.17. The van der Waals surface area contributed by atoms with Crippen molar-refractivity contribution in [3.8, 4) is 0 Å². The van der Waals surface area contributed by atoms with Crippen LogP contribution in [0.15, 0.2) is 0 Å². The van der Waals surface area contributed by atoms with E-state index in [1.165, 1.54) is 12.8 Å². The second-order valence-electron chi connectivity index (χ2n) is 4.14. The van der Waals surface area contributed by atoms with E-state index < -0.39 is 0 Å². The summed E-state index contributed by atoms with van der Waals surface area (Å²) in [5, 5.41) is 12.3. The van der Waals surface area contributed by atoms with Gasteiger partial charge < -0.3 is 15.2 Å². The molecule has 0 aromatic heterocycles. The lowest BCUT2D eigenvalue weighted by Crippen LogP contribution is -2.34. The minimum atomic E-state index is 0.215. The second-order valence-corrected chi connectivity index (χ2v) is 4.14. The van der Waals surface area contributed by atoms with Gasteiger partial charge in [0.15, 0.2) is 0 Å². The molecule has 14 heavy (non-hydrogen) atoms. The van der Waals surface area contributed by atoms with E-state index in [4.69, 9.17) is 9.84 Å². The predicted molar refractivity (Wildman–Crippen MR) is 57.3 cm³/mol. The van der Waals surface area contributed by atoms with Crippen LogP contribution >= 0.6 is 0 Å². The maximum Gasteiger partial charge on any atom is 0.0585 e. The van der Waals surface area contributed by atoms with Gasteiger partial charge in [0.2, 0.25) is 0 Å². The van der Waals surface area contributed by atoms with Gasteiger partial charge in [0.05, 0.1) is 6.61 Å². The van der Waals surface area contributed by atoms with Crippen LogP contribution in [-0.4, -0.2) is 37.5 Å². The van der Waals surface area contributed by atoms with Crippen molar-refractivity contribution in [3.63, 3.8) is 0 Å². The summed E-state index contributed by atoms with van der Waals surface area (Å²) in [6.07, 6.45) is 4.72. The number of rotatable bonds is 9. The SMILES string of the molecule is CCCNC(CO)CCOCC1CC1. The van der Waals surface area contributed by atoms with Gasteiger partial charge in [-0.1, -0.05) is 6.92 Å². The lowest BCUT2D eigenvalue weighted by molar-refractivity contribution is 0.106. The minimum absolute atomic E-state index is 0.215. The Labute approximate surface area is 86.8 Å². The number of hydrogen-bond acceptors (Lipinski definition) is 3. The Hall–Kier alpha value is -0.120. The van der Waals surface area contributed by atoms with Crippen molar-refractivity contribution < 1.29 is 9.84 Å². The first-order valence-electron chi connectivity index (χ1n) is 5.78. The highest BCUT2D eigenvalue weighted by atomic mass is 16.5. The number of nitrogens with one attached hydrogen (secondary N) is 1. The number of aliphatic hydroxyl groups is 1. The van der Waals surface area contributed by atoms with Gasteiger partial charge in [-0.15, -0.1) is 0 Å². The lowest BCUT2D eigenvalue weighted by atomic mass is 10.2. The topological polar surface area (TPSA) is 41.5 Å². The highest BCUT2D eigenvalue weighted by Crippen LogP contribution is 2.28. The molecule has 1 saturated carbocycles. The molecule has 1 fully saturated rings. The molecule has 0 bridgehead atoms. The van der Waals surface area contributed by atoms with Crippen molar-refractivity contribution in [2.45, 2.75) is 38.6 Å². The van der Waals surface area contributed by atoms with Crippen molar-refractivity contribution in [1.82, 2.24) is 5.32 Å². The molecule has 0 aromatic rings. The molecule has 0 amide bonds. The van der Waals surface area contributed by atoms with E-state index in [2.05, 4.69) is 12.2 Å². The molecule has 3 nitrogen and oxygen atoms in total. The Morgan fingerprint density at radius 2 is 2.29 bits per heavy atom. The Balaban J connectivity index is 1.89. The monoisotopic (exact) mass is 201 g/mol.